The fourth-order valence-electron chi connectivity index (χ4n) is 1.72. The van der Waals surface area contributed by atoms with Gasteiger partial charge in [-0.25, -0.2) is 4.98 Å². The minimum atomic E-state index is 0.508. The Labute approximate surface area is 77.2 Å². The topological polar surface area (TPSA) is 53.6 Å². The van der Waals surface area contributed by atoms with E-state index >= 15 is 0 Å². The molecular weight excluding hydrogens is 164 g/mol. The molecule has 2 rings (SSSR count). The molecule has 0 bridgehead atoms. The van der Waals surface area contributed by atoms with Gasteiger partial charge < -0.3 is 9.88 Å². The van der Waals surface area contributed by atoms with E-state index in [2.05, 4.69) is 16.4 Å². The summed E-state index contributed by atoms with van der Waals surface area (Å²) in [6, 6.07) is 2.59. The van der Waals surface area contributed by atoms with Crippen molar-refractivity contribution in [1.29, 1.82) is 5.26 Å². The summed E-state index contributed by atoms with van der Waals surface area (Å²) in [7, 11) is 0. The van der Waals surface area contributed by atoms with Gasteiger partial charge in [0, 0.05) is 25.0 Å². The van der Waals surface area contributed by atoms with Crippen LogP contribution in [0.25, 0.3) is 0 Å². The number of rotatable bonds is 2. The summed E-state index contributed by atoms with van der Waals surface area (Å²) in [4.78, 5) is 3.95. The Balaban J connectivity index is 2.04. The van der Waals surface area contributed by atoms with Crippen LogP contribution in [0.2, 0.25) is 0 Å². The highest BCUT2D eigenvalue weighted by Crippen LogP contribution is 2.08. The van der Waals surface area contributed by atoms with Crippen LogP contribution in [0.15, 0.2) is 12.4 Å². The molecule has 0 radical (unpaired) electrons. The average molecular weight is 176 g/mol. The molecule has 68 valence electrons. The van der Waals surface area contributed by atoms with E-state index in [-0.39, 0.29) is 0 Å². The van der Waals surface area contributed by atoms with Crippen molar-refractivity contribution < 1.29 is 0 Å². The van der Waals surface area contributed by atoms with Gasteiger partial charge in [-0.3, -0.25) is 0 Å². The molecule has 13 heavy (non-hydrogen) atoms. The van der Waals surface area contributed by atoms with Crippen molar-refractivity contribution in [2.24, 2.45) is 0 Å². The number of hydrogen-bond donors (Lipinski definition) is 1. The lowest BCUT2D eigenvalue weighted by molar-refractivity contribution is 0.506. The molecule has 0 aliphatic carbocycles. The van der Waals surface area contributed by atoms with E-state index in [1.807, 2.05) is 10.8 Å². The second kappa shape index (κ2) is 3.58. The van der Waals surface area contributed by atoms with Gasteiger partial charge in [0.25, 0.3) is 0 Å². The van der Waals surface area contributed by atoms with Crippen molar-refractivity contribution in [3.8, 4) is 6.07 Å². The van der Waals surface area contributed by atoms with E-state index < -0.39 is 0 Å². The Kier molecular flexibility index (Phi) is 2.28. The van der Waals surface area contributed by atoms with Gasteiger partial charge in [0.2, 0.25) is 5.82 Å². The van der Waals surface area contributed by atoms with Crippen molar-refractivity contribution in [1.82, 2.24) is 14.9 Å². The first-order valence-electron chi connectivity index (χ1n) is 4.55. The molecule has 4 heteroatoms. The molecule has 0 amide bonds. The van der Waals surface area contributed by atoms with Crippen LogP contribution in [0.4, 0.5) is 0 Å². The molecule has 1 N–H and O–H groups in total. The van der Waals surface area contributed by atoms with Gasteiger partial charge in [-0.05, 0) is 19.4 Å². The van der Waals surface area contributed by atoms with Gasteiger partial charge in [0.15, 0.2) is 0 Å². The van der Waals surface area contributed by atoms with Crippen LogP contribution in [0.1, 0.15) is 18.7 Å². The van der Waals surface area contributed by atoms with Crippen molar-refractivity contribution >= 4 is 0 Å². The Bertz CT molecular complexity index is 317. The zero-order valence-electron chi connectivity index (χ0n) is 7.40. The van der Waals surface area contributed by atoms with Gasteiger partial charge in [0.05, 0.1) is 0 Å². The number of nitrogens with one attached hydrogen (secondary N) is 1. The van der Waals surface area contributed by atoms with Crippen LogP contribution in [0, 0.1) is 11.3 Å². The largest absolute Gasteiger partial charge is 0.321 e. The molecule has 1 atom stereocenters. The normalized spacial score (nSPS) is 21.6. The molecule has 1 saturated heterocycles. The summed E-state index contributed by atoms with van der Waals surface area (Å²) in [6.45, 7) is 1.96. The first kappa shape index (κ1) is 8.27. The summed E-state index contributed by atoms with van der Waals surface area (Å²) >= 11 is 0. The lowest BCUT2D eigenvalue weighted by Gasteiger charge is -2.10. The minimum absolute atomic E-state index is 0.508. The Hall–Kier alpha value is -1.34. The fourth-order valence-corrected chi connectivity index (χ4v) is 1.72. The molecule has 0 aromatic carbocycles. The molecule has 1 aliphatic heterocycles. The molecule has 2 heterocycles. The molecule has 0 saturated carbocycles. The molecule has 1 aromatic rings. The van der Waals surface area contributed by atoms with Gasteiger partial charge in [-0.15, -0.1) is 0 Å². The molecular formula is C9H12N4. The molecule has 1 fully saturated rings. The van der Waals surface area contributed by atoms with Crippen LogP contribution >= 0.6 is 0 Å². The van der Waals surface area contributed by atoms with Crippen molar-refractivity contribution in [3.05, 3.63) is 18.2 Å². The number of imidazole rings is 1. The zero-order valence-corrected chi connectivity index (χ0v) is 7.40. The molecule has 0 unspecified atom stereocenters. The Morgan fingerprint density at radius 2 is 2.69 bits per heavy atom. The maximum absolute atomic E-state index is 8.73. The third kappa shape index (κ3) is 1.70. The zero-order chi connectivity index (χ0) is 9.10. The quantitative estimate of drug-likeness (QED) is 0.714. The number of hydrogen-bond acceptors (Lipinski definition) is 3. The molecule has 1 aromatic heterocycles. The lowest BCUT2D eigenvalue weighted by atomic mass is 10.2. The van der Waals surface area contributed by atoms with Crippen molar-refractivity contribution in [2.75, 3.05) is 6.54 Å². The summed E-state index contributed by atoms with van der Waals surface area (Å²) in [5.41, 5.74) is 0. The van der Waals surface area contributed by atoms with Gasteiger partial charge >= 0.3 is 0 Å². The Morgan fingerprint density at radius 3 is 3.38 bits per heavy atom. The summed E-state index contributed by atoms with van der Waals surface area (Å²) in [6.07, 6.45) is 5.97. The van der Waals surface area contributed by atoms with Crippen LogP contribution in [-0.2, 0) is 6.54 Å². The van der Waals surface area contributed by atoms with E-state index in [1.54, 1.807) is 6.20 Å². The smallest absolute Gasteiger partial charge is 0.212 e. The van der Waals surface area contributed by atoms with Crippen molar-refractivity contribution in [3.63, 3.8) is 0 Å². The first-order chi connectivity index (χ1) is 6.40. The summed E-state index contributed by atoms with van der Waals surface area (Å²) < 4.78 is 1.91. The maximum Gasteiger partial charge on any atom is 0.212 e. The third-order valence-electron chi connectivity index (χ3n) is 2.39. The van der Waals surface area contributed by atoms with E-state index in [1.165, 1.54) is 12.8 Å². The molecule has 0 spiro atoms. The number of aromatic nitrogens is 2. The predicted molar refractivity (Wildman–Crippen MR) is 48.0 cm³/mol. The number of nitriles is 1. The number of nitrogens with zero attached hydrogens (tertiary/aromatic N) is 3. The van der Waals surface area contributed by atoms with E-state index in [9.17, 15) is 0 Å². The van der Waals surface area contributed by atoms with Crippen LogP contribution in [0.3, 0.4) is 0 Å². The second-order valence-corrected chi connectivity index (χ2v) is 3.31. The monoisotopic (exact) mass is 176 g/mol. The van der Waals surface area contributed by atoms with Crippen LogP contribution in [-0.4, -0.2) is 22.1 Å². The highest BCUT2D eigenvalue weighted by molar-refractivity contribution is 5.11. The fraction of sp³-hybridized carbons (Fsp3) is 0.556. The molecule has 4 nitrogen and oxygen atoms in total. The van der Waals surface area contributed by atoms with Crippen LogP contribution < -0.4 is 5.32 Å². The third-order valence-corrected chi connectivity index (χ3v) is 2.39. The summed E-state index contributed by atoms with van der Waals surface area (Å²) in [5.74, 6) is 0.508. The summed E-state index contributed by atoms with van der Waals surface area (Å²) in [5, 5.41) is 12.1. The van der Waals surface area contributed by atoms with Crippen molar-refractivity contribution in [2.45, 2.75) is 25.4 Å². The van der Waals surface area contributed by atoms with E-state index in [0.29, 0.717) is 11.9 Å². The first-order valence-corrected chi connectivity index (χ1v) is 4.55. The standard InChI is InChI=1S/C9H12N4/c10-6-9-12-4-5-13(9)7-8-2-1-3-11-8/h4-5,8,11H,1-3,7H2/t8-/m0/s1. The van der Waals surface area contributed by atoms with Crippen LogP contribution in [0.5, 0.6) is 0 Å². The predicted octanol–water partition coefficient (Wildman–Crippen LogP) is 0.507. The highest BCUT2D eigenvalue weighted by Gasteiger charge is 2.15. The maximum atomic E-state index is 8.73. The van der Waals surface area contributed by atoms with E-state index in [4.69, 9.17) is 5.26 Å². The average Bonchev–Trinajstić information content (AvgIpc) is 2.76. The Morgan fingerprint density at radius 1 is 1.77 bits per heavy atom. The molecule has 1 aliphatic rings. The highest BCUT2D eigenvalue weighted by atomic mass is 15.1. The van der Waals surface area contributed by atoms with Gasteiger partial charge in [-0.1, -0.05) is 0 Å². The van der Waals surface area contributed by atoms with Gasteiger partial charge in [0.1, 0.15) is 6.07 Å². The lowest BCUT2D eigenvalue weighted by Crippen LogP contribution is -2.26. The van der Waals surface area contributed by atoms with Gasteiger partial charge in [-0.2, -0.15) is 5.26 Å². The van der Waals surface area contributed by atoms with E-state index in [0.717, 1.165) is 13.1 Å². The minimum Gasteiger partial charge on any atom is -0.321 e. The second-order valence-electron chi connectivity index (χ2n) is 3.31. The SMILES string of the molecule is N#Cc1nccn1C[C@@H]1CCCN1.